The minimum atomic E-state index is -2.62. The smallest absolute Gasteiger partial charge is 0.248 e. The molecule has 1 aromatic carbocycles. The number of aromatic nitrogens is 2. The highest BCUT2D eigenvalue weighted by atomic mass is 32.2. The Morgan fingerprint density at radius 3 is 2.42 bits per heavy atom. The lowest BCUT2D eigenvalue weighted by molar-refractivity contribution is -0.118. The average Bonchev–Trinajstić information content (AvgIpc) is 3.76. The molecule has 3 aliphatic carbocycles. The van der Waals surface area contributed by atoms with Crippen molar-refractivity contribution in [3.8, 4) is 0 Å². The van der Waals surface area contributed by atoms with Gasteiger partial charge in [0.15, 0.2) is 5.82 Å². The van der Waals surface area contributed by atoms with Crippen molar-refractivity contribution in [2.24, 2.45) is 5.92 Å². The third-order valence-corrected chi connectivity index (χ3v) is 9.22. The minimum Gasteiger partial charge on any atom is -0.412 e. The summed E-state index contributed by atoms with van der Waals surface area (Å²) in [4.78, 5) is 22.6. The number of aliphatic hydroxyl groups is 1. The summed E-state index contributed by atoms with van der Waals surface area (Å²) >= 11 is 0. The first-order valence-corrected chi connectivity index (χ1v) is 13.7. The van der Waals surface area contributed by atoms with Crippen molar-refractivity contribution >= 4 is 22.5 Å². The number of amides is 1. The van der Waals surface area contributed by atoms with E-state index in [-0.39, 0.29) is 47.8 Å². The zero-order valence-corrected chi connectivity index (χ0v) is 20.9. The summed E-state index contributed by atoms with van der Waals surface area (Å²) in [6.07, 6.45) is 7.86. The Kier molecular flexibility index (Phi) is 8.16. The Balaban J connectivity index is 0.00000304. The van der Waals surface area contributed by atoms with Crippen molar-refractivity contribution in [3.63, 3.8) is 0 Å². The molecule has 7 nitrogen and oxygen atoms in total. The van der Waals surface area contributed by atoms with Crippen LogP contribution in [0.3, 0.4) is 0 Å². The van der Waals surface area contributed by atoms with Crippen molar-refractivity contribution < 1.29 is 28.4 Å². The summed E-state index contributed by atoms with van der Waals surface area (Å²) < 4.78 is 40.5. The highest BCUT2D eigenvalue weighted by Crippen LogP contribution is 2.46. The fraction of sp³-hybridized carbons (Fsp3) is 0.577. The molecule has 2 atom stereocenters. The second-order valence-corrected chi connectivity index (χ2v) is 11.9. The first kappa shape index (κ1) is 26.8. The molecule has 36 heavy (non-hydrogen) atoms. The molecule has 2 aromatic rings. The van der Waals surface area contributed by atoms with Crippen LogP contribution in [0.25, 0.3) is 0 Å². The van der Waals surface area contributed by atoms with E-state index in [0.717, 1.165) is 41.7 Å². The van der Waals surface area contributed by atoms with Gasteiger partial charge >= 0.3 is 0 Å². The van der Waals surface area contributed by atoms with Crippen LogP contribution in [0.15, 0.2) is 35.5 Å². The van der Waals surface area contributed by atoms with Gasteiger partial charge in [0.2, 0.25) is 11.8 Å². The molecule has 4 N–H and O–H groups in total. The van der Waals surface area contributed by atoms with Gasteiger partial charge in [-0.2, -0.15) is 0 Å². The lowest BCUT2D eigenvalue weighted by Crippen LogP contribution is -2.29. The van der Waals surface area contributed by atoms with E-state index in [2.05, 4.69) is 15.3 Å². The number of hydrogen-bond acceptors (Lipinski definition) is 5. The van der Waals surface area contributed by atoms with Crippen LogP contribution >= 0.6 is 0 Å². The molecule has 1 heterocycles. The zero-order chi connectivity index (χ0) is 24.6. The third-order valence-electron chi connectivity index (χ3n) is 7.34. The highest BCUT2D eigenvalue weighted by molar-refractivity contribution is 7.86. The fourth-order valence-corrected chi connectivity index (χ4v) is 6.50. The van der Waals surface area contributed by atoms with Gasteiger partial charge in [-0.15, -0.1) is 0 Å². The molecule has 196 valence electrons. The van der Waals surface area contributed by atoms with E-state index in [9.17, 15) is 22.9 Å². The Labute approximate surface area is 211 Å². The first-order valence-electron chi connectivity index (χ1n) is 12.5. The number of benzene rings is 1. The van der Waals surface area contributed by atoms with Crippen molar-refractivity contribution in [3.05, 3.63) is 47.4 Å². The summed E-state index contributed by atoms with van der Waals surface area (Å²) in [5, 5.41) is 12.2. The summed E-state index contributed by atoms with van der Waals surface area (Å²) in [5.41, 5.74) is 2.31. The molecule has 2 unspecified atom stereocenters. The molecule has 0 saturated heterocycles. The normalized spacial score (nSPS) is 21.3. The number of hydrogen-bond donors (Lipinski definition) is 2. The predicted octanol–water partition coefficient (Wildman–Crippen LogP) is 4.23. The van der Waals surface area contributed by atoms with Gasteiger partial charge in [-0.05, 0) is 74.0 Å². The first-order chi connectivity index (χ1) is 16.8. The van der Waals surface area contributed by atoms with Crippen LogP contribution in [0.2, 0.25) is 0 Å². The Morgan fingerprint density at radius 1 is 1.11 bits per heavy atom. The number of halogens is 2. The summed E-state index contributed by atoms with van der Waals surface area (Å²) in [5.74, 6) is -2.73. The quantitative estimate of drug-likeness (QED) is 0.511. The second kappa shape index (κ2) is 11.0. The Morgan fingerprint density at radius 2 is 1.83 bits per heavy atom. The van der Waals surface area contributed by atoms with Gasteiger partial charge in [0.25, 0.3) is 0 Å². The number of aliphatic hydroxyl groups excluding tert-OH is 1. The fourth-order valence-electron chi connectivity index (χ4n) is 4.92. The van der Waals surface area contributed by atoms with Crippen LogP contribution in [0.5, 0.6) is 0 Å². The molecule has 5 rings (SSSR count). The lowest BCUT2D eigenvalue weighted by Gasteiger charge is -2.30. The van der Waals surface area contributed by atoms with E-state index in [1.807, 2.05) is 18.2 Å². The summed E-state index contributed by atoms with van der Waals surface area (Å²) in [6, 6.07) is 5.85. The van der Waals surface area contributed by atoms with Gasteiger partial charge < -0.3 is 15.9 Å². The number of nitrogens with one attached hydrogen (secondary N) is 1. The number of carbonyl (C=O) groups is 1. The van der Waals surface area contributed by atoms with Crippen LogP contribution in [-0.4, -0.2) is 41.8 Å². The summed E-state index contributed by atoms with van der Waals surface area (Å²) in [6.45, 7) is -0.241. The molecule has 0 aliphatic heterocycles. The van der Waals surface area contributed by atoms with Crippen molar-refractivity contribution in [2.45, 2.75) is 92.3 Å². The number of carbonyl (C=O) groups excluding carboxylic acids is 1. The van der Waals surface area contributed by atoms with Crippen LogP contribution in [0, 0.1) is 5.92 Å². The van der Waals surface area contributed by atoms with Crippen LogP contribution in [-0.2, 0) is 22.2 Å². The maximum atomic E-state index is 13.7. The summed E-state index contributed by atoms with van der Waals surface area (Å²) in [7, 11) is -1.02. The van der Waals surface area contributed by atoms with Gasteiger partial charge in [0, 0.05) is 23.0 Å². The highest BCUT2D eigenvalue weighted by Gasteiger charge is 2.38. The molecular weight excluding hydrogens is 488 g/mol. The maximum Gasteiger partial charge on any atom is 0.248 e. The van der Waals surface area contributed by atoms with Gasteiger partial charge in [-0.25, -0.2) is 13.8 Å². The van der Waals surface area contributed by atoms with Crippen LogP contribution < -0.4 is 5.32 Å². The molecular formula is C26H33F2N3O4S. The monoisotopic (exact) mass is 521 g/mol. The number of alkyl halides is 2. The van der Waals surface area contributed by atoms with E-state index in [0.29, 0.717) is 30.9 Å². The Bertz CT molecular complexity index is 1100. The molecule has 1 aromatic heterocycles. The van der Waals surface area contributed by atoms with Gasteiger partial charge in [-0.3, -0.25) is 14.0 Å². The molecule has 3 aliphatic rings. The number of rotatable bonds is 9. The zero-order valence-electron chi connectivity index (χ0n) is 20.1. The molecule has 0 spiro atoms. The molecule has 0 bridgehead atoms. The van der Waals surface area contributed by atoms with Crippen LogP contribution in [0.4, 0.5) is 14.6 Å². The van der Waals surface area contributed by atoms with E-state index in [1.165, 1.54) is 12.4 Å². The Hall–Kier alpha value is -2.30. The molecule has 3 saturated carbocycles. The standard InChI is InChI=1S/C26H31F2N3O3S.H2O/c27-26(28)9-7-16(8-10-26)11-22(25(33)31-24-14-29-19(15-32)13-30-24)18-3-6-23(35(34)20-4-5-20)21(12-18)17-1-2-17;/h3,6,12-14,16-17,20,22,32H,1-2,4-5,7-11,15H2,(H,30,31,33);1H2. The molecule has 0 radical (unpaired) electrons. The topological polar surface area (TPSA) is 124 Å². The number of anilines is 1. The van der Waals surface area contributed by atoms with Crippen molar-refractivity contribution in [1.29, 1.82) is 0 Å². The second-order valence-electron chi connectivity index (χ2n) is 10.2. The minimum absolute atomic E-state index is 0. The van der Waals surface area contributed by atoms with E-state index < -0.39 is 22.6 Å². The SMILES string of the molecule is O.O=C(Nc1cnc(CO)cn1)C(CC1CCC(F)(F)CC1)c1ccc(S(=O)C2CC2)c(C2CC2)c1. The third kappa shape index (κ3) is 6.33. The van der Waals surface area contributed by atoms with E-state index >= 15 is 0 Å². The lowest BCUT2D eigenvalue weighted by atomic mass is 9.78. The van der Waals surface area contributed by atoms with Gasteiger partial charge in [0.1, 0.15) is 0 Å². The van der Waals surface area contributed by atoms with Gasteiger partial charge in [-0.1, -0.05) is 12.1 Å². The number of nitrogens with zero attached hydrogens (tertiary/aromatic N) is 2. The molecule has 1 amide bonds. The largest absolute Gasteiger partial charge is 0.412 e. The molecule has 3 fully saturated rings. The van der Waals surface area contributed by atoms with Crippen molar-refractivity contribution in [1.82, 2.24) is 9.97 Å². The van der Waals surface area contributed by atoms with Gasteiger partial charge in [0.05, 0.1) is 41.4 Å². The van der Waals surface area contributed by atoms with Crippen molar-refractivity contribution in [2.75, 3.05) is 5.32 Å². The predicted molar refractivity (Wildman–Crippen MR) is 132 cm³/mol. The van der Waals surface area contributed by atoms with E-state index in [1.54, 1.807) is 0 Å². The molecule has 10 heteroatoms. The van der Waals surface area contributed by atoms with Crippen LogP contribution in [0.1, 0.15) is 86.4 Å². The van der Waals surface area contributed by atoms with E-state index in [4.69, 9.17) is 0 Å². The average molecular weight is 522 g/mol. The maximum absolute atomic E-state index is 13.7.